The lowest BCUT2D eigenvalue weighted by Crippen LogP contribution is -1.99. The molecule has 1 heterocycles. The summed E-state index contributed by atoms with van der Waals surface area (Å²) in [5, 5.41) is 8.56. The third kappa shape index (κ3) is 2.09. The van der Waals surface area contributed by atoms with Gasteiger partial charge in [0.05, 0.1) is 10.6 Å². The molecule has 0 aromatic heterocycles. The van der Waals surface area contributed by atoms with Crippen LogP contribution in [0.2, 0.25) is 0 Å². The second kappa shape index (κ2) is 3.90. The van der Waals surface area contributed by atoms with Gasteiger partial charge in [-0.25, -0.2) is 8.42 Å². The van der Waals surface area contributed by atoms with Crippen molar-refractivity contribution in [1.82, 2.24) is 0 Å². The zero-order valence-electron chi connectivity index (χ0n) is 8.64. The third-order valence-corrected chi connectivity index (χ3v) is 4.54. The lowest BCUT2D eigenvalue weighted by molar-refractivity contribution is -0.136. The van der Waals surface area contributed by atoms with Gasteiger partial charge in [0.25, 0.3) is 0 Å². The minimum atomic E-state index is -3.07. The van der Waals surface area contributed by atoms with Crippen LogP contribution in [-0.4, -0.2) is 25.2 Å². The zero-order valence-corrected chi connectivity index (χ0v) is 9.46. The van der Waals surface area contributed by atoms with Crippen LogP contribution in [0, 0.1) is 0 Å². The van der Waals surface area contributed by atoms with E-state index in [2.05, 4.69) is 0 Å². The molecule has 0 amide bonds. The first-order chi connectivity index (χ1) is 7.49. The largest absolute Gasteiger partial charge is 0.481 e. The van der Waals surface area contributed by atoms with Crippen molar-refractivity contribution in [2.24, 2.45) is 0 Å². The fourth-order valence-electron chi connectivity index (χ4n) is 1.89. The molecule has 16 heavy (non-hydrogen) atoms. The Balaban J connectivity index is 2.25. The molecule has 0 radical (unpaired) electrons. The van der Waals surface area contributed by atoms with Gasteiger partial charge in [0, 0.05) is 6.42 Å². The molecule has 0 unspecified atom stereocenters. The van der Waals surface area contributed by atoms with Gasteiger partial charge in [-0.3, -0.25) is 4.79 Å². The topological polar surface area (TPSA) is 71.4 Å². The number of aliphatic carboxylic acids is 1. The van der Waals surface area contributed by atoms with E-state index in [4.69, 9.17) is 5.11 Å². The maximum absolute atomic E-state index is 11.5. The number of sulfone groups is 1. The van der Waals surface area contributed by atoms with Crippen LogP contribution in [0.5, 0.6) is 0 Å². The van der Waals surface area contributed by atoms with Gasteiger partial charge in [0.1, 0.15) is 0 Å². The van der Waals surface area contributed by atoms with Crippen LogP contribution in [0.4, 0.5) is 0 Å². The Morgan fingerprint density at radius 3 is 2.81 bits per heavy atom. The second-order valence-corrected chi connectivity index (χ2v) is 5.98. The predicted octanol–water partition coefficient (Wildman–Crippen LogP) is 1.03. The molecule has 0 fully saturated rings. The van der Waals surface area contributed by atoms with Crippen molar-refractivity contribution in [3.8, 4) is 0 Å². The fraction of sp³-hybridized carbons (Fsp3) is 0.364. The number of benzene rings is 1. The Morgan fingerprint density at radius 1 is 1.38 bits per heavy atom. The molecule has 0 atom stereocenters. The normalized spacial score (nSPS) is 17.0. The number of hydrogen-bond acceptors (Lipinski definition) is 3. The van der Waals surface area contributed by atoms with Crippen molar-refractivity contribution in [2.45, 2.75) is 24.2 Å². The summed E-state index contributed by atoms with van der Waals surface area (Å²) >= 11 is 0. The highest BCUT2D eigenvalue weighted by Gasteiger charge is 2.25. The molecule has 1 aliphatic heterocycles. The van der Waals surface area contributed by atoms with E-state index in [-0.39, 0.29) is 12.2 Å². The van der Waals surface area contributed by atoms with E-state index in [1.165, 1.54) is 0 Å². The van der Waals surface area contributed by atoms with Gasteiger partial charge < -0.3 is 5.11 Å². The molecule has 2 rings (SSSR count). The third-order valence-electron chi connectivity index (χ3n) is 2.73. The quantitative estimate of drug-likeness (QED) is 0.856. The van der Waals surface area contributed by atoms with Gasteiger partial charge in [0.2, 0.25) is 0 Å². The number of aryl methyl sites for hydroxylation is 2. The van der Waals surface area contributed by atoms with Gasteiger partial charge in [-0.05, 0) is 30.0 Å². The molecule has 1 aromatic carbocycles. The highest BCUT2D eigenvalue weighted by molar-refractivity contribution is 7.91. The Kier molecular flexibility index (Phi) is 2.71. The lowest BCUT2D eigenvalue weighted by Gasteiger charge is -2.02. The van der Waals surface area contributed by atoms with Crippen LogP contribution >= 0.6 is 0 Å². The molecular weight excluding hydrogens is 228 g/mol. The number of carboxylic acid groups (broad SMARTS) is 1. The molecule has 86 valence electrons. The van der Waals surface area contributed by atoms with Crippen molar-refractivity contribution >= 4 is 15.8 Å². The summed E-state index contributed by atoms with van der Waals surface area (Å²) in [5.41, 5.74) is 1.71. The monoisotopic (exact) mass is 240 g/mol. The van der Waals surface area contributed by atoms with Gasteiger partial charge in [-0.1, -0.05) is 12.1 Å². The van der Waals surface area contributed by atoms with E-state index in [1.54, 1.807) is 12.1 Å². The Bertz CT molecular complexity index is 531. The minimum absolute atomic E-state index is 0.0749. The molecule has 1 aliphatic rings. The van der Waals surface area contributed by atoms with Crippen LogP contribution in [0.3, 0.4) is 0 Å². The van der Waals surface area contributed by atoms with E-state index in [9.17, 15) is 13.2 Å². The van der Waals surface area contributed by atoms with E-state index in [1.807, 2.05) is 6.07 Å². The smallest absolute Gasteiger partial charge is 0.303 e. The first-order valence-corrected chi connectivity index (χ1v) is 6.70. The number of rotatable bonds is 3. The highest BCUT2D eigenvalue weighted by atomic mass is 32.2. The maximum Gasteiger partial charge on any atom is 0.303 e. The van der Waals surface area contributed by atoms with Crippen molar-refractivity contribution in [3.05, 3.63) is 29.3 Å². The minimum Gasteiger partial charge on any atom is -0.481 e. The molecule has 0 aliphatic carbocycles. The Hall–Kier alpha value is -1.36. The Labute approximate surface area is 93.8 Å². The molecule has 1 N–H and O–H groups in total. The summed E-state index contributed by atoms with van der Waals surface area (Å²) in [6.45, 7) is 0. The van der Waals surface area contributed by atoms with Crippen LogP contribution in [0.1, 0.15) is 17.5 Å². The van der Waals surface area contributed by atoms with Crippen LogP contribution in [0.15, 0.2) is 23.1 Å². The number of hydrogen-bond donors (Lipinski definition) is 1. The van der Waals surface area contributed by atoms with Crippen molar-refractivity contribution in [1.29, 1.82) is 0 Å². The van der Waals surface area contributed by atoms with E-state index >= 15 is 0 Å². The standard InChI is InChI=1S/C11H12O4S/c12-11(13)4-2-8-1-3-10-9(7-8)5-6-16(10,14)15/h1,3,7H,2,4-6H2,(H,12,13). The molecule has 4 nitrogen and oxygen atoms in total. The number of fused-ring (bicyclic) bond motifs is 1. The molecule has 0 saturated carbocycles. The highest BCUT2D eigenvalue weighted by Crippen LogP contribution is 2.26. The first-order valence-electron chi connectivity index (χ1n) is 5.05. The van der Waals surface area contributed by atoms with Gasteiger partial charge >= 0.3 is 5.97 Å². The van der Waals surface area contributed by atoms with Crippen molar-refractivity contribution in [2.75, 3.05) is 5.75 Å². The molecule has 1 aromatic rings. The zero-order chi connectivity index (χ0) is 11.8. The lowest BCUT2D eigenvalue weighted by atomic mass is 10.1. The Morgan fingerprint density at radius 2 is 2.12 bits per heavy atom. The SMILES string of the molecule is O=C(O)CCc1ccc2c(c1)CCS2(=O)=O. The van der Waals surface area contributed by atoms with E-state index in [0.29, 0.717) is 17.7 Å². The van der Waals surface area contributed by atoms with Crippen LogP contribution in [0.25, 0.3) is 0 Å². The van der Waals surface area contributed by atoms with Gasteiger partial charge in [0.15, 0.2) is 9.84 Å². The average Bonchev–Trinajstić information content (AvgIpc) is 2.52. The van der Waals surface area contributed by atoms with E-state index < -0.39 is 15.8 Å². The van der Waals surface area contributed by atoms with Gasteiger partial charge in [-0.2, -0.15) is 0 Å². The van der Waals surface area contributed by atoms with Crippen molar-refractivity contribution < 1.29 is 18.3 Å². The van der Waals surface area contributed by atoms with Crippen molar-refractivity contribution in [3.63, 3.8) is 0 Å². The summed E-state index contributed by atoms with van der Waals surface area (Å²) in [7, 11) is -3.07. The molecule has 0 spiro atoms. The van der Waals surface area contributed by atoms with Crippen LogP contribution in [-0.2, 0) is 27.5 Å². The first kappa shape index (κ1) is 11.1. The summed E-state index contributed by atoms with van der Waals surface area (Å²) < 4.78 is 23.1. The summed E-state index contributed by atoms with van der Waals surface area (Å²) in [6.07, 6.45) is 1.06. The van der Waals surface area contributed by atoms with Gasteiger partial charge in [-0.15, -0.1) is 0 Å². The van der Waals surface area contributed by atoms with E-state index in [0.717, 1.165) is 11.1 Å². The molecular formula is C11H12O4S. The molecule has 0 saturated heterocycles. The maximum atomic E-state index is 11.5. The summed E-state index contributed by atoms with van der Waals surface area (Å²) in [4.78, 5) is 10.8. The number of carboxylic acids is 1. The molecule has 0 bridgehead atoms. The molecule has 5 heteroatoms. The summed E-state index contributed by atoms with van der Waals surface area (Å²) in [6, 6.07) is 5.10. The number of carbonyl (C=O) groups is 1. The summed E-state index contributed by atoms with van der Waals surface area (Å²) in [5.74, 6) is -0.668. The average molecular weight is 240 g/mol. The van der Waals surface area contributed by atoms with Crippen LogP contribution < -0.4 is 0 Å². The second-order valence-electron chi connectivity index (χ2n) is 3.90. The fourth-order valence-corrected chi connectivity index (χ4v) is 3.44. The predicted molar refractivity (Wildman–Crippen MR) is 58.2 cm³/mol.